The fourth-order valence-corrected chi connectivity index (χ4v) is 2.56. The van der Waals surface area contributed by atoms with Crippen molar-refractivity contribution in [3.05, 3.63) is 0 Å². The van der Waals surface area contributed by atoms with Crippen LogP contribution in [0.3, 0.4) is 0 Å². The molecule has 0 radical (unpaired) electrons. The summed E-state index contributed by atoms with van der Waals surface area (Å²) >= 11 is 0. The lowest BCUT2D eigenvalue weighted by Crippen LogP contribution is -2.49. The number of esters is 1. The average Bonchev–Trinajstić information content (AvgIpc) is 2.40. The van der Waals surface area contributed by atoms with Crippen molar-refractivity contribution < 1.29 is 19.4 Å². The minimum Gasteiger partial charge on any atom is -0.465 e. The van der Waals surface area contributed by atoms with Crippen LogP contribution >= 0.6 is 0 Å². The number of nitrogens with zero attached hydrogens (tertiary/aromatic N) is 1. The van der Waals surface area contributed by atoms with Crippen LogP contribution in [0.15, 0.2) is 0 Å². The zero-order chi connectivity index (χ0) is 13.0. The van der Waals surface area contributed by atoms with Crippen LogP contribution in [-0.4, -0.2) is 53.8 Å². The number of piperidine rings is 2. The fraction of sp³-hybridized carbons (Fsp3) is 0.833. The Labute approximate surface area is 106 Å². The first kappa shape index (κ1) is 13.1. The molecule has 2 heterocycles. The Morgan fingerprint density at radius 2 is 1.89 bits per heavy atom. The lowest BCUT2D eigenvalue weighted by molar-refractivity contribution is -0.157. The van der Waals surface area contributed by atoms with Crippen LogP contribution in [0, 0.1) is 0 Å². The maximum absolute atomic E-state index is 12.0. The summed E-state index contributed by atoms with van der Waals surface area (Å²) in [6.45, 7) is 2.14. The minimum atomic E-state index is -1.03. The third-order valence-corrected chi connectivity index (χ3v) is 3.59. The smallest absolute Gasteiger partial charge is 0.408 e. The highest BCUT2D eigenvalue weighted by Gasteiger charge is 2.34. The summed E-state index contributed by atoms with van der Waals surface area (Å²) in [5.41, 5.74) is 0. The van der Waals surface area contributed by atoms with E-state index in [4.69, 9.17) is 9.84 Å². The van der Waals surface area contributed by atoms with Gasteiger partial charge in [-0.05, 0) is 45.2 Å². The third kappa shape index (κ3) is 3.13. The molecule has 0 aliphatic carbocycles. The molecule has 0 bridgehead atoms. The van der Waals surface area contributed by atoms with E-state index in [-0.39, 0.29) is 12.1 Å². The summed E-state index contributed by atoms with van der Waals surface area (Å²) < 4.78 is 5.43. The molecule has 2 aliphatic rings. The van der Waals surface area contributed by atoms with Gasteiger partial charge < -0.3 is 15.2 Å². The molecular weight excluding hydrogens is 236 g/mol. The molecule has 2 N–H and O–H groups in total. The molecule has 0 aromatic carbocycles. The van der Waals surface area contributed by atoms with Gasteiger partial charge in [-0.25, -0.2) is 9.59 Å². The van der Waals surface area contributed by atoms with Crippen LogP contribution in [0.5, 0.6) is 0 Å². The van der Waals surface area contributed by atoms with Gasteiger partial charge in [0.05, 0.1) is 0 Å². The first-order valence-corrected chi connectivity index (χ1v) is 6.59. The van der Waals surface area contributed by atoms with Gasteiger partial charge in [-0.15, -0.1) is 0 Å². The quantitative estimate of drug-likeness (QED) is 0.715. The minimum absolute atomic E-state index is 0.0590. The number of ether oxygens (including phenoxy) is 1. The van der Waals surface area contributed by atoms with E-state index >= 15 is 0 Å². The molecule has 0 aromatic rings. The fourth-order valence-electron chi connectivity index (χ4n) is 2.56. The molecule has 6 nitrogen and oxygen atoms in total. The number of rotatable bonds is 2. The summed E-state index contributed by atoms with van der Waals surface area (Å²) in [7, 11) is 0. The molecule has 2 fully saturated rings. The maximum atomic E-state index is 12.0. The van der Waals surface area contributed by atoms with E-state index in [1.165, 1.54) is 4.90 Å². The Morgan fingerprint density at radius 3 is 2.56 bits per heavy atom. The number of likely N-dealkylation sites (tertiary alicyclic amines) is 1. The number of carbonyl (C=O) groups is 2. The third-order valence-electron chi connectivity index (χ3n) is 3.59. The van der Waals surface area contributed by atoms with Crippen molar-refractivity contribution in [1.29, 1.82) is 0 Å². The van der Waals surface area contributed by atoms with Crippen molar-refractivity contribution in [1.82, 2.24) is 10.2 Å². The van der Waals surface area contributed by atoms with Crippen LogP contribution in [0.1, 0.15) is 32.1 Å². The van der Waals surface area contributed by atoms with Crippen molar-refractivity contribution in [2.24, 2.45) is 0 Å². The first-order valence-electron chi connectivity index (χ1n) is 6.59. The molecule has 0 spiro atoms. The zero-order valence-electron chi connectivity index (χ0n) is 10.4. The Balaban J connectivity index is 1.91. The average molecular weight is 256 g/mol. The van der Waals surface area contributed by atoms with Crippen LogP contribution in [-0.2, 0) is 9.53 Å². The Kier molecular flexibility index (Phi) is 4.41. The molecular formula is C12H20N2O4. The number of nitrogens with one attached hydrogen (secondary N) is 1. The molecule has 1 unspecified atom stereocenters. The van der Waals surface area contributed by atoms with E-state index in [2.05, 4.69) is 5.32 Å². The highest BCUT2D eigenvalue weighted by Crippen LogP contribution is 2.20. The van der Waals surface area contributed by atoms with E-state index in [1.807, 2.05) is 0 Å². The van der Waals surface area contributed by atoms with Gasteiger partial charge in [-0.3, -0.25) is 4.90 Å². The number of amides is 1. The predicted octanol–water partition coefficient (Wildman–Crippen LogP) is 0.814. The van der Waals surface area contributed by atoms with Gasteiger partial charge in [-0.1, -0.05) is 0 Å². The lowest BCUT2D eigenvalue weighted by atomic mass is 10.0. The second-order valence-corrected chi connectivity index (χ2v) is 4.87. The summed E-state index contributed by atoms with van der Waals surface area (Å²) in [6.07, 6.45) is 2.82. The monoisotopic (exact) mass is 256 g/mol. The van der Waals surface area contributed by atoms with Gasteiger partial charge in [0.25, 0.3) is 0 Å². The number of hydrogen-bond donors (Lipinski definition) is 2. The van der Waals surface area contributed by atoms with Gasteiger partial charge in [0.2, 0.25) is 0 Å². The molecule has 2 rings (SSSR count). The molecule has 18 heavy (non-hydrogen) atoms. The Morgan fingerprint density at radius 1 is 1.17 bits per heavy atom. The van der Waals surface area contributed by atoms with Crippen molar-refractivity contribution >= 4 is 12.1 Å². The van der Waals surface area contributed by atoms with Crippen LogP contribution < -0.4 is 5.32 Å². The second-order valence-electron chi connectivity index (χ2n) is 4.87. The van der Waals surface area contributed by atoms with Gasteiger partial charge in [-0.2, -0.15) is 0 Å². The topological polar surface area (TPSA) is 78.9 Å². The highest BCUT2D eigenvalue weighted by molar-refractivity contribution is 5.81. The van der Waals surface area contributed by atoms with Gasteiger partial charge in [0, 0.05) is 6.54 Å². The van der Waals surface area contributed by atoms with Crippen molar-refractivity contribution in [2.45, 2.75) is 44.2 Å². The Bertz CT molecular complexity index is 315. The van der Waals surface area contributed by atoms with E-state index < -0.39 is 12.1 Å². The summed E-state index contributed by atoms with van der Waals surface area (Å²) in [6, 6.07) is -0.605. The standard InChI is InChI=1S/C12H20N2O4/c15-11(18-9-4-6-13-7-5-9)10-3-1-2-8-14(10)12(16)17/h9-10,13H,1-8H2,(H,16,17). The molecule has 102 valence electrons. The predicted molar refractivity (Wildman–Crippen MR) is 64.4 cm³/mol. The molecule has 1 atom stereocenters. The van der Waals surface area contributed by atoms with E-state index in [9.17, 15) is 9.59 Å². The number of carboxylic acid groups (broad SMARTS) is 1. The molecule has 6 heteroatoms. The number of hydrogen-bond acceptors (Lipinski definition) is 4. The van der Waals surface area contributed by atoms with Gasteiger partial charge >= 0.3 is 12.1 Å². The van der Waals surface area contributed by atoms with Crippen LogP contribution in [0.25, 0.3) is 0 Å². The maximum Gasteiger partial charge on any atom is 0.408 e. The van der Waals surface area contributed by atoms with E-state index in [1.54, 1.807) is 0 Å². The molecule has 1 amide bonds. The highest BCUT2D eigenvalue weighted by atomic mass is 16.5. The lowest BCUT2D eigenvalue weighted by Gasteiger charge is -2.33. The van der Waals surface area contributed by atoms with Crippen LogP contribution in [0.2, 0.25) is 0 Å². The van der Waals surface area contributed by atoms with Gasteiger partial charge in [0.1, 0.15) is 12.1 Å². The summed E-state index contributed by atoms with van der Waals surface area (Å²) in [4.78, 5) is 24.3. The van der Waals surface area contributed by atoms with Crippen molar-refractivity contribution in [2.75, 3.05) is 19.6 Å². The van der Waals surface area contributed by atoms with E-state index in [0.717, 1.165) is 38.8 Å². The summed E-state index contributed by atoms with van der Waals surface area (Å²) in [5, 5.41) is 12.3. The molecule has 0 saturated carbocycles. The second kappa shape index (κ2) is 6.04. The largest absolute Gasteiger partial charge is 0.465 e. The van der Waals surface area contributed by atoms with Crippen molar-refractivity contribution in [3.63, 3.8) is 0 Å². The molecule has 2 aliphatic heterocycles. The van der Waals surface area contributed by atoms with Crippen LogP contribution in [0.4, 0.5) is 4.79 Å². The normalized spacial score (nSPS) is 25.8. The van der Waals surface area contributed by atoms with E-state index in [0.29, 0.717) is 13.0 Å². The van der Waals surface area contributed by atoms with Crippen molar-refractivity contribution in [3.8, 4) is 0 Å². The number of carbonyl (C=O) groups excluding carboxylic acids is 1. The van der Waals surface area contributed by atoms with Gasteiger partial charge in [0.15, 0.2) is 0 Å². The zero-order valence-corrected chi connectivity index (χ0v) is 10.4. The first-order chi connectivity index (χ1) is 8.68. The summed E-state index contributed by atoms with van der Waals surface area (Å²) in [5.74, 6) is -0.371. The Hall–Kier alpha value is -1.30. The SMILES string of the molecule is O=C(OC1CCNCC1)C1CCCCN1C(=O)O. The molecule has 0 aromatic heterocycles. The molecule has 2 saturated heterocycles.